The van der Waals surface area contributed by atoms with E-state index in [-0.39, 0.29) is 12.6 Å². The predicted octanol–water partition coefficient (Wildman–Crippen LogP) is 1.71. The van der Waals surface area contributed by atoms with Gasteiger partial charge in [-0.05, 0) is 42.9 Å². The van der Waals surface area contributed by atoms with Crippen LogP contribution in [0.25, 0.3) is 0 Å². The predicted molar refractivity (Wildman–Crippen MR) is 87.2 cm³/mol. The summed E-state index contributed by atoms with van der Waals surface area (Å²) in [5.41, 5.74) is 3.69. The molecule has 0 atom stereocenters. The summed E-state index contributed by atoms with van der Waals surface area (Å²) in [6, 6.07) is 6.24. The van der Waals surface area contributed by atoms with E-state index >= 15 is 0 Å². The lowest BCUT2D eigenvalue weighted by Crippen LogP contribution is -2.50. The van der Waals surface area contributed by atoms with Gasteiger partial charge in [-0.1, -0.05) is 12.1 Å². The molecule has 0 radical (unpaired) electrons. The molecule has 5 nitrogen and oxygen atoms in total. The number of amides is 2. The second-order valence-electron chi connectivity index (χ2n) is 6.13. The highest BCUT2D eigenvalue weighted by Crippen LogP contribution is 2.28. The molecule has 2 N–H and O–H groups in total. The number of β-amino-alcohol motifs (C(OH)–C–C–N with tert-alkyl or cyclic N) is 1. The van der Waals surface area contributed by atoms with E-state index in [0.717, 1.165) is 44.7 Å². The smallest absolute Gasteiger partial charge is 0.321 e. The first-order valence-corrected chi connectivity index (χ1v) is 8.28. The number of nitrogens with zero attached hydrogens (tertiary/aromatic N) is 2. The quantitative estimate of drug-likeness (QED) is 0.894. The molecule has 2 aliphatic rings. The average Bonchev–Trinajstić information content (AvgIpc) is 2.56. The molecule has 120 valence electrons. The van der Waals surface area contributed by atoms with Crippen LogP contribution < -0.4 is 5.32 Å². The molecule has 1 aromatic carbocycles. The fourth-order valence-electron chi connectivity index (χ4n) is 3.41. The third-order valence-corrected chi connectivity index (χ3v) is 4.71. The number of hydrogen-bond donors (Lipinski definition) is 2. The molecule has 0 aromatic heterocycles. The van der Waals surface area contributed by atoms with E-state index in [2.05, 4.69) is 16.3 Å². The van der Waals surface area contributed by atoms with Gasteiger partial charge in [-0.25, -0.2) is 4.79 Å². The minimum atomic E-state index is 0.00243. The van der Waals surface area contributed by atoms with Gasteiger partial charge in [0.15, 0.2) is 0 Å². The van der Waals surface area contributed by atoms with Crippen LogP contribution in [0.1, 0.15) is 24.0 Å². The van der Waals surface area contributed by atoms with Crippen molar-refractivity contribution in [3.63, 3.8) is 0 Å². The van der Waals surface area contributed by atoms with Crippen molar-refractivity contribution in [2.75, 3.05) is 44.6 Å². The van der Waals surface area contributed by atoms with E-state index < -0.39 is 0 Å². The molecule has 1 saturated heterocycles. The highest BCUT2D eigenvalue weighted by atomic mass is 16.3. The number of rotatable bonds is 3. The van der Waals surface area contributed by atoms with Crippen molar-refractivity contribution in [2.45, 2.75) is 25.7 Å². The summed E-state index contributed by atoms with van der Waals surface area (Å²) in [4.78, 5) is 16.5. The second kappa shape index (κ2) is 7.11. The van der Waals surface area contributed by atoms with E-state index in [1.165, 1.54) is 24.0 Å². The van der Waals surface area contributed by atoms with Crippen molar-refractivity contribution >= 4 is 11.7 Å². The van der Waals surface area contributed by atoms with Crippen LogP contribution in [0.15, 0.2) is 18.2 Å². The number of anilines is 1. The lowest BCUT2D eigenvalue weighted by molar-refractivity contribution is 0.127. The molecular weight excluding hydrogens is 278 g/mol. The maximum Gasteiger partial charge on any atom is 0.321 e. The first-order valence-electron chi connectivity index (χ1n) is 8.28. The van der Waals surface area contributed by atoms with E-state index in [0.29, 0.717) is 6.54 Å². The topological polar surface area (TPSA) is 55.8 Å². The standard InChI is InChI=1S/C17H25N3O2/c21-13-12-19-8-10-20(11-9-19)17(22)18-16-7-3-5-14-4-1-2-6-15(14)16/h3,5,7,21H,1-2,4,6,8-13H2,(H,18,22). The number of fused-ring (bicyclic) bond motifs is 1. The molecule has 5 heteroatoms. The van der Waals surface area contributed by atoms with Crippen molar-refractivity contribution in [3.05, 3.63) is 29.3 Å². The van der Waals surface area contributed by atoms with Crippen LogP contribution in [0.3, 0.4) is 0 Å². The first kappa shape index (κ1) is 15.3. The number of carbonyl (C=O) groups excluding carboxylic acids is 1. The average molecular weight is 303 g/mol. The maximum absolute atomic E-state index is 12.5. The molecule has 3 rings (SSSR count). The first-order chi connectivity index (χ1) is 10.8. The second-order valence-corrected chi connectivity index (χ2v) is 6.13. The van der Waals surface area contributed by atoms with Crippen molar-refractivity contribution in [2.24, 2.45) is 0 Å². The van der Waals surface area contributed by atoms with E-state index in [4.69, 9.17) is 5.11 Å². The van der Waals surface area contributed by atoms with Crippen molar-refractivity contribution in [1.29, 1.82) is 0 Å². The lowest BCUT2D eigenvalue weighted by atomic mass is 9.90. The zero-order valence-electron chi connectivity index (χ0n) is 13.1. The molecule has 1 aliphatic heterocycles. The van der Waals surface area contributed by atoms with Crippen molar-refractivity contribution < 1.29 is 9.90 Å². The van der Waals surface area contributed by atoms with Gasteiger partial charge in [0.05, 0.1) is 6.61 Å². The third-order valence-electron chi connectivity index (χ3n) is 4.71. The van der Waals surface area contributed by atoms with Gasteiger partial charge in [0.1, 0.15) is 0 Å². The Bertz CT molecular complexity index is 525. The molecule has 1 fully saturated rings. The highest BCUT2D eigenvalue weighted by molar-refractivity contribution is 5.90. The molecule has 0 saturated carbocycles. The Hall–Kier alpha value is -1.59. The Kier molecular flexibility index (Phi) is 4.95. The summed E-state index contributed by atoms with van der Waals surface area (Å²) < 4.78 is 0. The van der Waals surface area contributed by atoms with Gasteiger partial charge in [-0.15, -0.1) is 0 Å². The van der Waals surface area contributed by atoms with Crippen LogP contribution >= 0.6 is 0 Å². The van der Waals surface area contributed by atoms with Gasteiger partial charge in [-0.2, -0.15) is 0 Å². The Morgan fingerprint density at radius 1 is 1.14 bits per heavy atom. The minimum absolute atomic E-state index is 0.00243. The molecule has 0 unspecified atom stereocenters. The Morgan fingerprint density at radius 2 is 1.91 bits per heavy atom. The summed E-state index contributed by atoms with van der Waals surface area (Å²) >= 11 is 0. The van der Waals surface area contributed by atoms with E-state index in [9.17, 15) is 4.79 Å². The van der Waals surface area contributed by atoms with Crippen LogP contribution in [0.4, 0.5) is 10.5 Å². The summed E-state index contributed by atoms with van der Waals surface area (Å²) in [6.07, 6.45) is 4.64. The summed E-state index contributed by atoms with van der Waals surface area (Å²) in [5.74, 6) is 0. The number of benzene rings is 1. The maximum atomic E-state index is 12.5. The molecule has 2 amide bonds. The Labute approximate surface area is 131 Å². The zero-order chi connectivity index (χ0) is 15.4. The molecule has 1 aromatic rings. The van der Waals surface area contributed by atoms with Gasteiger partial charge >= 0.3 is 6.03 Å². The third kappa shape index (κ3) is 3.42. The number of carbonyl (C=O) groups is 1. The van der Waals surface area contributed by atoms with Gasteiger partial charge < -0.3 is 15.3 Å². The molecular formula is C17H25N3O2. The van der Waals surface area contributed by atoms with Crippen LogP contribution in [0.2, 0.25) is 0 Å². The summed E-state index contributed by atoms with van der Waals surface area (Å²) in [7, 11) is 0. The summed E-state index contributed by atoms with van der Waals surface area (Å²) in [5, 5.41) is 12.1. The monoisotopic (exact) mass is 303 g/mol. The zero-order valence-corrected chi connectivity index (χ0v) is 13.1. The number of aliphatic hydroxyl groups is 1. The van der Waals surface area contributed by atoms with Crippen molar-refractivity contribution in [1.82, 2.24) is 9.80 Å². The SMILES string of the molecule is O=C(Nc1cccc2c1CCCC2)N1CCN(CCO)CC1. The van der Waals surface area contributed by atoms with E-state index in [1.54, 1.807) is 0 Å². The number of nitrogens with one attached hydrogen (secondary N) is 1. The number of urea groups is 1. The van der Waals surface area contributed by atoms with Crippen LogP contribution in [-0.2, 0) is 12.8 Å². The minimum Gasteiger partial charge on any atom is -0.395 e. The van der Waals surface area contributed by atoms with Crippen LogP contribution in [0, 0.1) is 0 Å². The molecule has 0 bridgehead atoms. The molecule has 0 spiro atoms. The number of hydrogen-bond acceptors (Lipinski definition) is 3. The van der Waals surface area contributed by atoms with Gasteiger partial charge in [0, 0.05) is 38.4 Å². The molecule has 22 heavy (non-hydrogen) atoms. The normalized spacial score (nSPS) is 18.9. The largest absolute Gasteiger partial charge is 0.395 e. The molecule has 1 heterocycles. The fourth-order valence-corrected chi connectivity index (χ4v) is 3.41. The van der Waals surface area contributed by atoms with Gasteiger partial charge in [0.25, 0.3) is 0 Å². The fraction of sp³-hybridized carbons (Fsp3) is 0.588. The van der Waals surface area contributed by atoms with Gasteiger partial charge in [-0.3, -0.25) is 4.90 Å². The lowest BCUT2D eigenvalue weighted by Gasteiger charge is -2.34. The Balaban J connectivity index is 1.61. The number of aryl methyl sites for hydroxylation is 1. The number of aliphatic hydroxyl groups excluding tert-OH is 1. The Morgan fingerprint density at radius 3 is 2.68 bits per heavy atom. The highest BCUT2D eigenvalue weighted by Gasteiger charge is 2.22. The van der Waals surface area contributed by atoms with Crippen LogP contribution in [0.5, 0.6) is 0 Å². The summed E-state index contributed by atoms with van der Waals surface area (Å²) in [6.45, 7) is 3.99. The van der Waals surface area contributed by atoms with Crippen LogP contribution in [-0.4, -0.2) is 60.3 Å². The van der Waals surface area contributed by atoms with Gasteiger partial charge in [0.2, 0.25) is 0 Å². The van der Waals surface area contributed by atoms with E-state index in [1.807, 2.05) is 17.0 Å². The molecule has 1 aliphatic carbocycles. The van der Waals surface area contributed by atoms with Crippen molar-refractivity contribution in [3.8, 4) is 0 Å². The number of piperazine rings is 1.